The third kappa shape index (κ3) is 28.4. The molecule has 0 amide bonds. The second kappa shape index (κ2) is 42.9. The van der Waals surface area contributed by atoms with Crippen molar-refractivity contribution in [1.82, 2.24) is 63.7 Å². The molecule has 18 atom stereocenters. The van der Waals surface area contributed by atoms with Gasteiger partial charge in [-0.3, -0.25) is 49.0 Å². The van der Waals surface area contributed by atoms with Crippen LogP contribution in [-0.4, -0.2) is 330 Å². The fraction of sp³-hybridized carbons (Fsp3) is 0.980. The van der Waals surface area contributed by atoms with Gasteiger partial charge in [-0.05, 0) is 366 Å². The van der Waals surface area contributed by atoms with E-state index in [1.807, 2.05) is 0 Å². The minimum absolute atomic E-state index is 0. The summed E-state index contributed by atoms with van der Waals surface area (Å²) in [7, 11) is 9.05. The molecule has 17 saturated heterocycles. The summed E-state index contributed by atoms with van der Waals surface area (Å²) in [5, 5.41) is 14.1. The maximum atomic E-state index is 9.52. The number of likely N-dealkylation sites (tertiary alicyclic amines) is 8. The molecule has 0 aromatic carbocycles. The van der Waals surface area contributed by atoms with Crippen molar-refractivity contribution < 1.29 is 46.0 Å². The molecule has 119 heavy (non-hydrogen) atoms. The molecule has 2 N–H and O–H groups in total. The van der Waals surface area contributed by atoms with Crippen molar-refractivity contribution in [3.8, 4) is 0 Å². The van der Waals surface area contributed by atoms with Gasteiger partial charge in [0.25, 0.3) is 0 Å². The first-order valence-corrected chi connectivity index (χ1v) is 48.0. The summed E-state index contributed by atoms with van der Waals surface area (Å²) in [5.74, 6) is 5.78. The van der Waals surface area contributed by atoms with Crippen LogP contribution in [0.15, 0.2) is 12.3 Å². The number of hydrogen-bond acceptors (Lipinski definition) is 14. The Balaban J connectivity index is 0.000000237. The van der Waals surface area contributed by atoms with E-state index in [2.05, 4.69) is 291 Å². The van der Waals surface area contributed by atoms with Gasteiger partial charge in [0, 0.05) is 248 Å². The Morgan fingerprint density at radius 2 is 0.672 bits per heavy atom. The van der Waals surface area contributed by atoms with Gasteiger partial charge in [-0.15, -0.1) is 18.6 Å². The van der Waals surface area contributed by atoms with Crippen molar-refractivity contribution in [2.45, 2.75) is 471 Å². The van der Waals surface area contributed by atoms with Crippen molar-refractivity contribution in [2.75, 3.05) is 126 Å². The molecule has 2 aliphatic carbocycles. The van der Waals surface area contributed by atoms with Gasteiger partial charge in [-0.1, -0.05) is 47.1 Å². The summed E-state index contributed by atoms with van der Waals surface area (Å²) in [6, 6.07) is 10.3. The number of allylic oxidation sites excluding steroid dienone is 1. The number of likely N-dealkylation sites (N-methyl/N-ethyl adjacent to an activating group) is 3. The minimum Gasteiger partial charge on any atom is -0.675 e. The number of piperidine rings is 5. The summed E-state index contributed by atoms with van der Waals surface area (Å²) >= 11 is 0. The molecule has 19 rings (SSSR count). The fourth-order valence-electron chi connectivity index (χ4n) is 26.1. The van der Waals surface area contributed by atoms with Crippen LogP contribution in [0.25, 0.3) is 11.1 Å². The molecule has 2 radical (unpaired) electrons. The van der Waals surface area contributed by atoms with Gasteiger partial charge in [0.1, 0.15) is 0 Å². The number of rotatable bonds is 1. The number of hydrogen-bond donors (Lipinski definition) is 1. The summed E-state index contributed by atoms with van der Waals surface area (Å²) in [6.45, 7) is 85.8. The van der Waals surface area contributed by atoms with E-state index in [-0.39, 0.29) is 67.3 Å². The zero-order chi connectivity index (χ0) is 84.3. The number of fused-ring (bicyclic) bond motifs is 17. The van der Waals surface area contributed by atoms with Crippen LogP contribution < -0.4 is 0 Å². The third-order valence-corrected chi connectivity index (χ3v) is 31.8. The monoisotopic (exact) mass is 2270 g/mol. The normalized spacial score (nSPS) is 36.1. The Bertz CT molecular complexity index is 2850. The summed E-state index contributed by atoms with van der Waals surface area (Å²) in [5.41, 5.74) is 11.1. The zero-order valence-electron chi connectivity index (χ0n) is 82.4. The van der Waals surface area contributed by atoms with E-state index in [0.717, 1.165) is 110 Å². The molecule has 2 saturated carbocycles. The van der Waals surface area contributed by atoms with Gasteiger partial charge in [0.05, 0.1) is 5.76 Å². The summed E-state index contributed by atoms with van der Waals surface area (Å²) in [4.78, 5) is 34.1. The molecule has 16 nitrogen and oxygen atoms in total. The van der Waals surface area contributed by atoms with Crippen LogP contribution in [0.5, 0.6) is 0 Å². The van der Waals surface area contributed by atoms with Crippen molar-refractivity contribution in [1.29, 1.82) is 0 Å². The molecule has 19 fully saturated rings. The van der Waals surface area contributed by atoms with Crippen molar-refractivity contribution in [3.63, 3.8) is 0 Å². The van der Waals surface area contributed by atoms with Crippen LogP contribution in [0.3, 0.4) is 0 Å². The third-order valence-electron chi connectivity index (χ3n) is 31.8. The predicted molar refractivity (Wildman–Crippen MR) is 502 cm³/mol. The maximum absolute atomic E-state index is 9.52. The van der Waals surface area contributed by atoms with Gasteiger partial charge in [-0.2, -0.15) is 0 Å². The summed E-state index contributed by atoms with van der Waals surface area (Å²) in [6.07, 6.45) is 28.3. The van der Waals surface area contributed by atoms with E-state index in [1.54, 1.807) is 0 Å². The van der Waals surface area contributed by atoms with Crippen LogP contribution in [0.4, 0.5) is 0 Å². The van der Waals surface area contributed by atoms with Crippen LogP contribution >= 0.6 is 0 Å². The second-order valence-electron chi connectivity index (χ2n) is 49.9. The molecule has 0 spiro atoms. The maximum Gasteiger partial charge on any atom is 0.0883 e. The second-order valence-corrected chi connectivity index (χ2v) is 49.9. The smallest absolute Gasteiger partial charge is 0.0883 e. The molecular formula is C100H197N15ORe2Rf-2. The van der Waals surface area contributed by atoms with E-state index in [0.29, 0.717) is 86.2 Å². The Labute approximate surface area is 760 Å². The van der Waals surface area contributed by atoms with E-state index in [9.17, 15) is 5.11 Å². The summed E-state index contributed by atoms with van der Waals surface area (Å²) < 4.78 is 0. The number of aliphatic hydroxyl groups is 1. The molecule has 0 aromatic rings. The molecule has 18 unspecified atom stereocenters. The van der Waals surface area contributed by atoms with E-state index >= 15 is 0 Å². The van der Waals surface area contributed by atoms with Crippen LogP contribution in [0, 0.1) is 35.5 Å². The van der Waals surface area contributed by atoms with E-state index in [4.69, 9.17) is 5.73 Å². The molecule has 0 aromatic heterocycles. The average molecular weight is 2270 g/mol. The first kappa shape index (κ1) is 109. The SMILES string of the molecule is C.C.C=C(O)C1CC2CCC(C1)N2C(C)(C)C.CC(C)(C)N1C2CCC1CC([NH-])C2.CC(C)(C)N1CC2CCC1C2.CC(C)(C)N1CC2CCC1C[N-]2.CC(C)(C)N1CC2CCCC2C1.CN1C2CCC1CN(C(C)(C)C)C2.CN1CC2CC1CN2C(C)(C)C.CN1CC2CCC(C1)N2C(C)(C)C.CN1CC2CN(C(C)(C)C)CC2C1.[Re].[Re].[Rf]. The predicted octanol–water partition coefficient (Wildman–Crippen LogP) is 19.6. The number of piperazine rings is 4. The Hall–Kier alpha value is -0.735. The van der Waals surface area contributed by atoms with Crippen LogP contribution in [0.1, 0.15) is 337 Å². The molecule has 14 bridgehead atoms. The standard InChI is InChI=1S/C13H23NO.3C11H22N2.C11H21N2.C11H21N.C10H20N2.C10H19N2.C10H19N.2CH4.2Re.Rf/c1-9(15)10-7-11-5-6-12(8-10)14(11)13(2,3)4;1-11(2,3)13-7-9-5-12(4)6-10(9)8-13;1-11(2,3)13-7-9-5-6-10(8-13)12(9)4;1-11(2,3)13-9-5-6-10(13)8-12(4)7-9;1-11(2,3)13-9-4-5-10(13)7-8(12)6-9;1-11(2,3)12-7-9-5-4-6-10(9)8-12;1-10(2,3)12-7-8-5-9(12)6-11(8)4;1-10(2,3)12-7-8-4-5-9(12)6-11-8;1-10(2,3)11-7-8-4-5-9(11)6-8;;;;;/h10-12,15H,1,5-8H2,2-4H3;3*9-10H,5-8H2,1-4H3;8-10,12H,4-7H2,1-3H3;9-10H,4-8H2,1-3H3;8-9H,5-7H2,1-4H3;8-9H,4-7H2,1-3H3;8-9H,4-7H2,1-3H3;2*1H4;;;/q;;;;-1;;;-1;;;;;;. The zero-order valence-corrected chi connectivity index (χ0v) is 94.2. The average Bonchev–Trinajstić information content (AvgIpc) is 1.57. The van der Waals surface area contributed by atoms with Gasteiger partial charge in [0.15, 0.2) is 0 Å². The van der Waals surface area contributed by atoms with E-state index in [1.165, 1.54) is 201 Å². The van der Waals surface area contributed by atoms with Crippen LogP contribution in [0.2, 0.25) is 0 Å². The quantitative estimate of drug-likeness (QED) is 0.252. The molecule has 17 heterocycles. The number of nitrogens with one attached hydrogen (secondary N) is 1. The molecular weight excluding hydrogens is 2070 g/mol. The molecule has 19 heteroatoms. The molecule has 696 valence electrons. The first-order chi connectivity index (χ1) is 52.5. The number of nitrogens with zero attached hydrogens (tertiary/aromatic N) is 14. The van der Waals surface area contributed by atoms with Gasteiger partial charge >= 0.3 is 0 Å². The topological polar surface area (TPSA) is 100 Å². The van der Waals surface area contributed by atoms with Crippen molar-refractivity contribution in [2.24, 2.45) is 35.5 Å². The Morgan fingerprint density at radius 1 is 0.319 bits per heavy atom. The van der Waals surface area contributed by atoms with Crippen LogP contribution in [-0.2, 0) is 40.8 Å². The molecule has 17 aliphatic heterocycles. The van der Waals surface area contributed by atoms with Gasteiger partial charge in [0.2, 0.25) is 0 Å². The minimum atomic E-state index is 0. The largest absolute Gasteiger partial charge is 0.675 e. The van der Waals surface area contributed by atoms with Crippen molar-refractivity contribution in [3.05, 3.63) is 23.4 Å². The van der Waals surface area contributed by atoms with Gasteiger partial charge in [-0.25, -0.2) is 0 Å². The molecule has 19 aliphatic rings. The fourth-order valence-corrected chi connectivity index (χ4v) is 26.1. The van der Waals surface area contributed by atoms with E-state index < -0.39 is 0 Å². The Morgan fingerprint density at radius 3 is 0.983 bits per heavy atom. The first-order valence-electron chi connectivity index (χ1n) is 48.0. The van der Waals surface area contributed by atoms with Crippen molar-refractivity contribution >= 4 is 0 Å². The number of aliphatic hydroxyl groups excluding tert-OH is 1. The Kier molecular flexibility index (Phi) is 39.2. The van der Waals surface area contributed by atoms with Gasteiger partial charge < -0.3 is 30.9 Å².